The fraction of sp³-hybridized carbons (Fsp3) is 0.333. The first-order valence-electron chi connectivity index (χ1n) is 8.28. The highest BCUT2D eigenvalue weighted by Crippen LogP contribution is 2.23. The zero-order chi connectivity index (χ0) is 17.6. The van der Waals surface area contributed by atoms with Crippen LogP contribution in [0.1, 0.15) is 18.5 Å². The Morgan fingerprint density at radius 1 is 1.32 bits per heavy atom. The van der Waals surface area contributed by atoms with Crippen LogP contribution in [0.15, 0.2) is 36.5 Å². The van der Waals surface area contributed by atoms with Crippen LogP contribution in [0.2, 0.25) is 0 Å². The number of aryl methyl sites for hydroxylation is 1. The number of rotatable bonds is 4. The maximum absolute atomic E-state index is 14.0. The number of anilines is 2. The second-order valence-corrected chi connectivity index (χ2v) is 6.00. The van der Waals surface area contributed by atoms with Crippen molar-refractivity contribution < 1.29 is 13.9 Å². The van der Waals surface area contributed by atoms with Gasteiger partial charge in [0, 0.05) is 18.3 Å². The Balaban J connectivity index is 1.63. The van der Waals surface area contributed by atoms with Gasteiger partial charge in [0.1, 0.15) is 17.7 Å². The van der Waals surface area contributed by atoms with Crippen molar-refractivity contribution in [2.24, 2.45) is 0 Å². The molecule has 2 aromatic rings. The smallest absolute Gasteiger partial charge is 0.323 e. The molecule has 1 atom stereocenters. The number of nitrogens with one attached hydrogen (secondary N) is 3. The van der Waals surface area contributed by atoms with Crippen molar-refractivity contribution in [3.63, 3.8) is 0 Å². The molecule has 1 aliphatic rings. The first-order valence-corrected chi connectivity index (χ1v) is 8.28. The molecule has 1 unspecified atom stereocenters. The summed E-state index contributed by atoms with van der Waals surface area (Å²) in [4.78, 5) is 16.1. The second-order valence-electron chi connectivity index (χ2n) is 6.00. The van der Waals surface area contributed by atoms with Crippen LogP contribution < -0.4 is 20.7 Å². The quantitative estimate of drug-likeness (QED) is 0.795. The zero-order valence-electron chi connectivity index (χ0n) is 14.0. The minimum absolute atomic E-state index is 0.0551. The predicted octanol–water partition coefficient (Wildman–Crippen LogP) is 3.30. The third-order valence-corrected chi connectivity index (χ3v) is 3.91. The summed E-state index contributed by atoms with van der Waals surface area (Å²) in [5.74, 6) is 0.00806. The SMILES string of the molecule is Cc1ccc(NC(=O)Nc2cc(OC3CCCNC3)ccc2F)cn1. The van der Waals surface area contributed by atoms with E-state index in [1.165, 1.54) is 12.1 Å². The predicted molar refractivity (Wildman–Crippen MR) is 94.5 cm³/mol. The molecule has 132 valence electrons. The van der Waals surface area contributed by atoms with Crippen LogP contribution in [0, 0.1) is 12.7 Å². The Hall–Kier alpha value is -2.67. The highest BCUT2D eigenvalue weighted by atomic mass is 19.1. The molecule has 1 aromatic carbocycles. The van der Waals surface area contributed by atoms with Gasteiger partial charge in [-0.25, -0.2) is 9.18 Å². The van der Waals surface area contributed by atoms with Gasteiger partial charge in [0.05, 0.1) is 17.6 Å². The van der Waals surface area contributed by atoms with E-state index in [1.54, 1.807) is 24.4 Å². The van der Waals surface area contributed by atoms with Crippen LogP contribution in [-0.4, -0.2) is 30.2 Å². The van der Waals surface area contributed by atoms with Crippen LogP contribution >= 0.6 is 0 Å². The number of carbonyl (C=O) groups is 1. The monoisotopic (exact) mass is 344 g/mol. The fourth-order valence-corrected chi connectivity index (χ4v) is 2.61. The summed E-state index contributed by atoms with van der Waals surface area (Å²) in [7, 11) is 0. The lowest BCUT2D eigenvalue weighted by molar-refractivity contribution is 0.167. The Labute approximate surface area is 145 Å². The van der Waals surface area contributed by atoms with Gasteiger partial charge in [-0.15, -0.1) is 0 Å². The Morgan fingerprint density at radius 3 is 2.92 bits per heavy atom. The molecule has 0 aliphatic carbocycles. The molecule has 6 nitrogen and oxygen atoms in total. The van der Waals surface area contributed by atoms with E-state index in [-0.39, 0.29) is 11.8 Å². The van der Waals surface area contributed by atoms with Gasteiger partial charge in [-0.3, -0.25) is 4.98 Å². The van der Waals surface area contributed by atoms with E-state index >= 15 is 0 Å². The van der Waals surface area contributed by atoms with E-state index in [0.717, 1.165) is 31.6 Å². The van der Waals surface area contributed by atoms with Gasteiger partial charge < -0.3 is 20.7 Å². The summed E-state index contributed by atoms with van der Waals surface area (Å²) >= 11 is 0. The van der Waals surface area contributed by atoms with Crippen molar-refractivity contribution in [1.82, 2.24) is 10.3 Å². The molecule has 2 heterocycles. The molecule has 3 rings (SSSR count). The van der Waals surface area contributed by atoms with Crippen LogP contribution in [0.3, 0.4) is 0 Å². The average molecular weight is 344 g/mol. The lowest BCUT2D eigenvalue weighted by Crippen LogP contribution is -2.37. The number of hydrogen-bond donors (Lipinski definition) is 3. The molecule has 1 aromatic heterocycles. The van der Waals surface area contributed by atoms with Gasteiger partial charge in [-0.05, 0) is 50.6 Å². The molecule has 1 aliphatic heterocycles. The van der Waals surface area contributed by atoms with Crippen molar-refractivity contribution in [3.8, 4) is 5.75 Å². The number of ether oxygens (including phenoxy) is 1. The summed E-state index contributed by atoms with van der Waals surface area (Å²) in [5.41, 5.74) is 1.45. The van der Waals surface area contributed by atoms with Crippen molar-refractivity contribution in [2.45, 2.75) is 25.9 Å². The fourth-order valence-electron chi connectivity index (χ4n) is 2.61. The van der Waals surface area contributed by atoms with Crippen molar-refractivity contribution in [3.05, 3.63) is 48.0 Å². The summed E-state index contributed by atoms with van der Waals surface area (Å²) < 4.78 is 19.8. The standard InChI is InChI=1S/C18H21FN4O2/c1-12-4-5-13(10-21-12)22-18(24)23-17-9-14(6-7-16(17)19)25-15-3-2-8-20-11-15/h4-7,9-10,15,20H,2-3,8,11H2,1H3,(H2,22,23,24). The molecular weight excluding hydrogens is 323 g/mol. The topological polar surface area (TPSA) is 75.3 Å². The van der Waals surface area contributed by atoms with E-state index in [0.29, 0.717) is 11.4 Å². The van der Waals surface area contributed by atoms with E-state index in [9.17, 15) is 9.18 Å². The summed E-state index contributed by atoms with van der Waals surface area (Å²) in [6.45, 7) is 3.61. The van der Waals surface area contributed by atoms with Gasteiger partial charge in [-0.2, -0.15) is 0 Å². The number of piperidine rings is 1. The van der Waals surface area contributed by atoms with Crippen molar-refractivity contribution in [1.29, 1.82) is 0 Å². The maximum atomic E-state index is 14.0. The first kappa shape index (κ1) is 17.2. The summed E-state index contributed by atoms with van der Waals surface area (Å²) in [5, 5.41) is 8.38. The van der Waals surface area contributed by atoms with Crippen LogP contribution in [-0.2, 0) is 0 Å². The minimum atomic E-state index is -0.541. The number of carbonyl (C=O) groups excluding carboxylic acids is 1. The third-order valence-electron chi connectivity index (χ3n) is 3.91. The largest absolute Gasteiger partial charge is 0.489 e. The van der Waals surface area contributed by atoms with E-state index in [4.69, 9.17) is 4.74 Å². The lowest BCUT2D eigenvalue weighted by Gasteiger charge is -2.24. The van der Waals surface area contributed by atoms with Gasteiger partial charge in [0.2, 0.25) is 0 Å². The molecule has 7 heteroatoms. The molecule has 0 spiro atoms. The second kappa shape index (κ2) is 7.94. The molecule has 0 bridgehead atoms. The number of pyridine rings is 1. The van der Waals surface area contributed by atoms with Crippen molar-refractivity contribution in [2.75, 3.05) is 23.7 Å². The molecule has 3 N–H and O–H groups in total. The molecule has 0 radical (unpaired) electrons. The number of hydrogen-bond acceptors (Lipinski definition) is 4. The minimum Gasteiger partial charge on any atom is -0.489 e. The Kier molecular flexibility index (Phi) is 5.45. The lowest BCUT2D eigenvalue weighted by atomic mass is 10.1. The third kappa shape index (κ3) is 4.90. The molecule has 1 fully saturated rings. The van der Waals surface area contributed by atoms with E-state index < -0.39 is 11.8 Å². The summed E-state index contributed by atoms with van der Waals surface area (Å²) in [6.07, 6.45) is 3.60. The first-order chi connectivity index (χ1) is 12.1. The van der Waals surface area contributed by atoms with Crippen molar-refractivity contribution >= 4 is 17.4 Å². The van der Waals surface area contributed by atoms with E-state index in [1.807, 2.05) is 6.92 Å². The molecule has 0 saturated carbocycles. The molecule has 2 amide bonds. The number of halogens is 1. The van der Waals surface area contributed by atoms with Gasteiger partial charge in [0.25, 0.3) is 0 Å². The Bertz CT molecular complexity index is 730. The molecule has 25 heavy (non-hydrogen) atoms. The normalized spacial score (nSPS) is 17.0. The van der Waals surface area contributed by atoms with Gasteiger partial charge in [0.15, 0.2) is 0 Å². The van der Waals surface area contributed by atoms with Crippen LogP contribution in [0.4, 0.5) is 20.6 Å². The number of benzene rings is 1. The number of aromatic nitrogens is 1. The van der Waals surface area contributed by atoms with Gasteiger partial charge in [-0.1, -0.05) is 0 Å². The Morgan fingerprint density at radius 2 is 2.20 bits per heavy atom. The highest BCUT2D eigenvalue weighted by molar-refractivity contribution is 5.99. The van der Waals surface area contributed by atoms with Crippen LogP contribution in [0.25, 0.3) is 0 Å². The molecule has 1 saturated heterocycles. The number of urea groups is 1. The maximum Gasteiger partial charge on any atom is 0.323 e. The molecular formula is C18H21FN4O2. The van der Waals surface area contributed by atoms with E-state index in [2.05, 4.69) is 20.9 Å². The highest BCUT2D eigenvalue weighted by Gasteiger charge is 2.16. The summed E-state index contributed by atoms with van der Waals surface area (Å²) in [6, 6.07) is 7.32. The van der Waals surface area contributed by atoms with Gasteiger partial charge >= 0.3 is 6.03 Å². The van der Waals surface area contributed by atoms with Crippen LogP contribution in [0.5, 0.6) is 5.75 Å². The number of nitrogens with zero attached hydrogens (tertiary/aromatic N) is 1. The number of amides is 2. The zero-order valence-corrected chi connectivity index (χ0v) is 14.0. The average Bonchev–Trinajstić information content (AvgIpc) is 2.61.